The van der Waals surface area contributed by atoms with Gasteiger partial charge in [0.1, 0.15) is 0 Å². The minimum Gasteiger partial charge on any atom is -0.463 e. The van der Waals surface area contributed by atoms with Crippen molar-refractivity contribution in [2.24, 2.45) is 5.92 Å². The molecule has 0 aliphatic rings. The lowest BCUT2D eigenvalue weighted by Crippen LogP contribution is -2.22. The van der Waals surface area contributed by atoms with E-state index in [1.807, 2.05) is 13.8 Å². The molecule has 0 aromatic carbocycles. The third-order valence-electron chi connectivity index (χ3n) is 1.14. The van der Waals surface area contributed by atoms with Gasteiger partial charge in [-0.2, -0.15) is 0 Å². The van der Waals surface area contributed by atoms with E-state index >= 15 is 0 Å². The fourth-order valence-corrected chi connectivity index (χ4v) is 0.901. The molecule has 1 N–H and O–H groups in total. The highest BCUT2D eigenvalue weighted by molar-refractivity contribution is 7.32. The van der Waals surface area contributed by atoms with Crippen molar-refractivity contribution in [1.29, 1.82) is 0 Å². The molecule has 2 unspecified atom stereocenters. The van der Waals surface area contributed by atoms with Crippen molar-refractivity contribution in [2.45, 2.75) is 26.9 Å². The van der Waals surface area contributed by atoms with Crippen LogP contribution in [0.25, 0.3) is 0 Å². The average Bonchev–Trinajstić information content (AvgIpc) is 1.98. The topological polar surface area (TPSA) is 72.8 Å². The van der Waals surface area contributed by atoms with Gasteiger partial charge in [0.25, 0.3) is 0 Å². The number of carbonyl (C=O) groups excluding carboxylic acids is 1. The summed E-state index contributed by atoms with van der Waals surface area (Å²) in [6.07, 6.45) is -0.993. The zero-order valence-electron chi connectivity index (χ0n) is 7.89. The number of hydrogen-bond donors (Lipinski definition) is 1. The van der Waals surface area contributed by atoms with Crippen LogP contribution >= 0.6 is 8.25 Å². The van der Waals surface area contributed by atoms with Gasteiger partial charge in [0, 0.05) is 4.57 Å². The van der Waals surface area contributed by atoms with Gasteiger partial charge in [0.05, 0.1) is 6.61 Å². The number of esters is 1. The molecule has 0 aromatic heterocycles. The largest absolute Gasteiger partial charge is 0.695 e. The quantitative estimate of drug-likeness (QED) is 0.544. The highest BCUT2D eigenvalue weighted by Gasteiger charge is 2.26. The van der Waals surface area contributed by atoms with Crippen molar-refractivity contribution in [3.8, 4) is 0 Å². The number of carbonyl (C=O) groups is 1. The second kappa shape index (κ2) is 6.02. The molecule has 0 aliphatic heterocycles. The summed E-state index contributed by atoms with van der Waals surface area (Å²) in [7, 11) is -2.75. The molecule has 0 rings (SSSR count). The summed E-state index contributed by atoms with van der Waals surface area (Å²) in [5, 5.41) is 0. The third-order valence-corrected chi connectivity index (χ3v) is 1.64. The first-order valence-electron chi connectivity index (χ1n) is 3.93. The summed E-state index contributed by atoms with van der Waals surface area (Å²) < 4.78 is 19.3. The Balaban J connectivity index is 3.76. The van der Waals surface area contributed by atoms with Crippen LogP contribution in [-0.2, 0) is 18.6 Å². The molecule has 0 saturated carbocycles. The van der Waals surface area contributed by atoms with E-state index in [2.05, 4.69) is 4.52 Å². The van der Waals surface area contributed by atoms with Crippen molar-refractivity contribution in [2.75, 3.05) is 6.61 Å². The van der Waals surface area contributed by atoms with Crippen LogP contribution in [0.4, 0.5) is 0 Å². The van der Waals surface area contributed by atoms with E-state index in [-0.39, 0.29) is 12.5 Å². The molecule has 0 bridgehead atoms. The van der Waals surface area contributed by atoms with E-state index in [4.69, 9.17) is 9.63 Å². The Bertz CT molecular complexity index is 191. The summed E-state index contributed by atoms with van der Waals surface area (Å²) in [4.78, 5) is 19.3. The number of ether oxygens (including phenoxy) is 1. The molecule has 0 aromatic rings. The van der Waals surface area contributed by atoms with Gasteiger partial charge in [0.15, 0.2) is 0 Å². The molecule has 0 spiro atoms. The number of hydrogen-bond acceptors (Lipinski definition) is 4. The minimum atomic E-state index is -2.75. The molecular formula is C7H14O5P+. The summed E-state index contributed by atoms with van der Waals surface area (Å²) in [5.74, 6) is -0.384. The zero-order valence-corrected chi connectivity index (χ0v) is 8.78. The Hall–Kier alpha value is -0.510. The summed E-state index contributed by atoms with van der Waals surface area (Å²) in [6.45, 7) is 5.44. The van der Waals surface area contributed by atoms with Crippen LogP contribution < -0.4 is 0 Å². The smallest absolute Gasteiger partial charge is 0.463 e. The van der Waals surface area contributed by atoms with Crippen LogP contribution in [0.5, 0.6) is 0 Å². The Kier molecular flexibility index (Phi) is 5.79. The average molecular weight is 209 g/mol. The Morgan fingerprint density at radius 2 is 2.00 bits per heavy atom. The SMILES string of the molecule is CC(C)COC(=O)C(C)O[P+](=O)O. The molecule has 0 saturated heterocycles. The van der Waals surface area contributed by atoms with Crippen LogP contribution in [0.1, 0.15) is 20.8 Å². The van der Waals surface area contributed by atoms with E-state index in [1.165, 1.54) is 6.92 Å². The van der Waals surface area contributed by atoms with Gasteiger partial charge in [-0.05, 0) is 12.8 Å². The predicted octanol–water partition coefficient (Wildman–Crippen LogP) is 1.24. The van der Waals surface area contributed by atoms with Crippen molar-refractivity contribution in [3.63, 3.8) is 0 Å². The predicted molar refractivity (Wildman–Crippen MR) is 46.2 cm³/mol. The molecule has 2 atom stereocenters. The summed E-state index contributed by atoms with van der Waals surface area (Å²) >= 11 is 0. The van der Waals surface area contributed by atoms with Gasteiger partial charge in [0.2, 0.25) is 6.10 Å². The summed E-state index contributed by atoms with van der Waals surface area (Å²) in [6, 6.07) is 0. The van der Waals surface area contributed by atoms with Crippen LogP contribution in [0.2, 0.25) is 0 Å². The maximum absolute atomic E-state index is 11.0. The Labute approximate surface area is 78.0 Å². The highest BCUT2D eigenvalue weighted by atomic mass is 31.1. The van der Waals surface area contributed by atoms with E-state index < -0.39 is 20.3 Å². The Morgan fingerprint density at radius 3 is 2.38 bits per heavy atom. The van der Waals surface area contributed by atoms with Crippen LogP contribution in [0.3, 0.4) is 0 Å². The molecular weight excluding hydrogens is 195 g/mol. The lowest BCUT2D eigenvalue weighted by atomic mass is 10.2. The molecule has 13 heavy (non-hydrogen) atoms. The van der Waals surface area contributed by atoms with Crippen molar-refractivity contribution in [3.05, 3.63) is 0 Å². The van der Waals surface area contributed by atoms with Crippen LogP contribution in [0.15, 0.2) is 0 Å². The van der Waals surface area contributed by atoms with Gasteiger partial charge in [-0.25, -0.2) is 4.79 Å². The highest BCUT2D eigenvalue weighted by Crippen LogP contribution is 2.18. The lowest BCUT2D eigenvalue weighted by molar-refractivity contribution is -0.152. The molecule has 5 nitrogen and oxygen atoms in total. The van der Waals surface area contributed by atoms with E-state index in [0.717, 1.165) is 0 Å². The first-order valence-corrected chi connectivity index (χ1v) is 5.06. The second-order valence-electron chi connectivity index (χ2n) is 3.01. The minimum absolute atomic E-state index is 0.235. The first kappa shape index (κ1) is 12.5. The molecule has 6 heteroatoms. The third kappa shape index (κ3) is 6.63. The maximum atomic E-state index is 11.0. The fourth-order valence-electron chi connectivity index (χ4n) is 0.544. The van der Waals surface area contributed by atoms with Crippen molar-refractivity contribution in [1.82, 2.24) is 0 Å². The summed E-state index contributed by atoms with van der Waals surface area (Å²) in [5.41, 5.74) is 0. The second-order valence-corrected chi connectivity index (χ2v) is 3.70. The van der Waals surface area contributed by atoms with E-state index in [1.54, 1.807) is 0 Å². The molecule has 0 fully saturated rings. The monoisotopic (exact) mass is 209 g/mol. The van der Waals surface area contributed by atoms with Gasteiger partial charge >= 0.3 is 14.2 Å². The maximum Gasteiger partial charge on any atom is 0.695 e. The molecule has 76 valence electrons. The van der Waals surface area contributed by atoms with Gasteiger partial charge in [-0.15, -0.1) is 9.42 Å². The molecule has 0 radical (unpaired) electrons. The van der Waals surface area contributed by atoms with Gasteiger partial charge in [-0.1, -0.05) is 13.8 Å². The zero-order chi connectivity index (χ0) is 10.4. The first-order chi connectivity index (χ1) is 5.93. The molecule has 0 amide bonds. The van der Waals surface area contributed by atoms with Crippen molar-refractivity contribution >= 4 is 14.2 Å². The van der Waals surface area contributed by atoms with Crippen LogP contribution in [0, 0.1) is 5.92 Å². The lowest BCUT2D eigenvalue weighted by Gasteiger charge is -2.07. The normalized spacial score (nSPS) is 14.1. The van der Waals surface area contributed by atoms with Gasteiger partial charge in [-0.3, -0.25) is 0 Å². The molecule has 0 heterocycles. The van der Waals surface area contributed by atoms with Crippen molar-refractivity contribution < 1.29 is 23.5 Å². The molecule has 0 aliphatic carbocycles. The van der Waals surface area contributed by atoms with Crippen LogP contribution in [-0.4, -0.2) is 23.6 Å². The standard InChI is InChI=1S/C7H13O5P/c1-5(2)4-11-7(8)6(3)12-13(9)10/h5-6H,4H2,1-3H3/p+1. The van der Waals surface area contributed by atoms with E-state index in [0.29, 0.717) is 0 Å². The number of rotatable bonds is 5. The van der Waals surface area contributed by atoms with E-state index in [9.17, 15) is 9.36 Å². The van der Waals surface area contributed by atoms with Gasteiger partial charge < -0.3 is 4.74 Å². The fraction of sp³-hybridized carbons (Fsp3) is 0.857. The Morgan fingerprint density at radius 1 is 1.46 bits per heavy atom.